The molecule has 1 amide bonds. The molecule has 2 heterocycles. The first-order chi connectivity index (χ1) is 8.90. The highest BCUT2D eigenvalue weighted by Gasteiger charge is 2.27. The fraction of sp³-hybridized carbons (Fsp3) is 0.692. The minimum atomic E-state index is -0.186. The monoisotopic (exact) mass is 265 g/mol. The molecular weight excluding hydrogens is 242 g/mol. The predicted molar refractivity (Wildman–Crippen MR) is 73.7 cm³/mol. The van der Waals surface area contributed by atoms with Crippen molar-refractivity contribution in [3.05, 3.63) is 17.7 Å². The first kappa shape index (κ1) is 14.0. The second-order valence-corrected chi connectivity index (χ2v) is 5.89. The number of nitrogens with zero attached hydrogens (tertiary/aromatic N) is 2. The lowest BCUT2D eigenvalue weighted by atomic mass is 10.0. The minimum absolute atomic E-state index is 0.0450. The first-order valence-corrected chi connectivity index (χ1v) is 6.60. The van der Waals surface area contributed by atoms with Crippen molar-refractivity contribution in [3.63, 3.8) is 0 Å². The average molecular weight is 265 g/mol. The van der Waals surface area contributed by atoms with Gasteiger partial charge in [0, 0.05) is 25.0 Å². The van der Waals surface area contributed by atoms with Gasteiger partial charge in [0.05, 0.1) is 23.8 Å². The Morgan fingerprint density at radius 1 is 1.58 bits per heavy atom. The number of amides is 1. The molecule has 106 valence electrons. The molecule has 0 saturated heterocycles. The summed E-state index contributed by atoms with van der Waals surface area (Å²) in [6, 6.07) is -0.186. The van der Waals surface area contributed by atoms with E-state index in [-0.39, 0.29) is 17.5 Å². The van der Waals surface area contributed by atoms with Gasteiger partial charge in [-0.1, -0.05) is 0 Å². The van der Waals surface area contributed by atoms with Crippen molar-refractivity contribution in [3.8, 4) is 0 Å². The van der Waals surface area contributed by atoms with Crippen LogP contribution in [0.15, 0.2) is 6.33 Å². The topological polar surface area (TPSA) is 73.0 Å². The minimum Gasteiger partial charge on any atom is -0.353 e. The number of carbonyl (C=O) groups excluding carboxylic acids is 1. The van der Waals surface area contributed by atoms with Crippen molar-refractivity contribution in [1.82, 2.24) is 25.5 Å². The third kappa shape index (κ3) is 3.13. The molecule has 0 fully saturated rings. The fourth-order valence-corrected chi connectivity index (χ4v) is 1.94. The van der Waals surface area contributed by atoms with E-state index in [0.29, 0.717) is 19.5 Å². The van der Waals surface area contributed by atoms with Crippen molar-refractivity contribution in [2.24, 2.45) is 0 Å². The lowest BCUT2D eigenvalue weighted by Crippen LogP contribution is -2.53. The quantitative estimate of drug-likeness (QED) is 0.710. The zero-order chi connectivity index (χ0) is 14.0. The Labute approximate surface area is 114 Å². The number of likely N-dealkylation sites (N-methyl/N-ethyl adjacent to an activating group) is 1. The number of carbonyl (C=O) groups is 1. The second-order valence-electron chi connectivity index (χ2n) is 5.89. The largest absolute Gasteiger partial charge is 0.353 e. The molecule has 19 heavy (non-hydrogen) atoms. The van der Waals surface area contributed by atoms with Crippen LogP contribution in [0.4, 0.5) is 0 Å². The summed E-state index contributed by atoms with van der Waals surface area (Å²) in [7, 11) is 4.03. The molecule has 0 radical (unpaired) electrons. The Hall–Kier alpha value is -1.40. The summed E-state index contributed by atoms with van der Waals surface area (Å²) < 4.78 is 0. The third-order valence-electron chi connectivity index (χ3n) is 3.95. The second kappa shape index (κ2) is 5.30. The van der Waals surface area contributed by atoms with Crippen LogP contribution in [-0.2, 0) is 17.8 Å². The van der Waals surface area contributed by atoms with Crippen LogP contribution >= 0.6 is 0 Å². The molecule has 1 aromatic heterocycles. The summed E-state index contributed by atoms with van der Waals surface area (Å²) in [4.78, 5) is 21.6. The van der Waals surface area contributed by atoms with Crippen molar-refractivity contribution in [1.29, 1.82) is 0 Å². The molecule has 1 atom stereocenters. The normalized spacial score (nSPS) is 19.3. The summed E-state index contributed by atoms with van der Waals surface area (Å²) >= 11 is 0. The van der Waals surface area contributed by atoms with E-state index in [1.165, 1.54) is 0 Å². The fourth-order valence-electron chi connectivity index (χ4n) is 1.94. The maximum Gasteiger partial charge on any atom is 0.237 e. The van der Waals surface area contributed by atoms with Gasteiger partial charge in [0.25, 0.3) is 0 Å². The summed E-state index contributed by atoms with van der Waals surface area (Å²) in [5, 5.41) is 6.25. The van der Waals surface area contributed by atoms with E-state index in [9.17, 15) is 4.79 Å². The Bertz CT molecular complexity index is 452. The number of H-pyrrole nitrogens is 1. The molecule has 3 N–H and O–H groups in total. The van der Waals surface area contributed by atoms with Crippen LogP contribution in [0.5, 0.6) is 0 Å². The Kier molecular flexibility index (Phi) is 3.91. The molecule has 1 aliphatic heterocycles. The van der Waals surface area contributed by atoms with E-state index < -0.39 is 0 Å². The summed E-state index contributed by atoms with van der Waals surface area (Å²) in [5.41, 5.74) is 2.02. The van der Waals surface area contributed by atoms with E-state index in [0.717, 1.165) is 11.4 Å². The first-order valence-electron chi connectivity index (χ1n) is 6.60. The number of nitrogens with one attached hydrogen (secondary N) is 3. The van der Waals surface area contributed by atoms with Gasteiger partial charge in [-0.05, 0) is 27.9 Å². The molecule has 6 heteroatoms. The molecule has 2 rings (SSSR count). The smallest absolute Gasteiger partial charge is 0.237 e. The van der Waals surface area contributed by atoms with Crippen LogP contribution in [0.3, 0.4) is 0 Å². The van der Waals surface area contributed by atoms with Gasteiger partial charge in [-0.15, -0.1) is 0 Å². The van der Waals surface area contributed by atoms with Crippen LogP contribution in [0.25, 0.3) is 0 Å². The Morgan fingerprint density at radius 3 is 3.00 bits per heavy atom. The van der Waals surface area contributed by atoms with Crippen molar-refractivity contribution < 1.29 is 4.79 Å². The number of hydrogen-bond acceptors (Lipinski definition) is 4. The van der Waals surface area contributed by atoms with Gasteiger partial charge in [0.1, 0.15) is 0 Å². The van der Waals surface area contributed by atoms with E-state index in [4.69, 9.17) is 0 Å². The van der Waals surface area contributed by atoms with Crippen LogP contribution < -0.4 is 10.6 Å². The lowest BCUT2D eigenvalue weighted by molar-refractivity contribution is -0.123. The zero-order valence-electron chi connectivity index (χ0n) is 12.1. The number of hydrogen-bond donors (Lipinski definition) is 3. The number of aromatic nitrogens is 2. The molecular formula is C13H23N5O. The van der Waals surface area contributed by atoms with Gasteiger partial charge < -0.3 is 15.2 Å². The van der Waals surface area contributed by atoms with Crippen molar-refractivity contribution >= 4 is 5.91 Å². The molecule has 1 aromatic rings. The highest BCUT2D eigenvalue weighted by molar-refractivity contribution is 5.82. The molecule has 0 spiro atoms. The molecule has 1 unspecified atom stereocenters. The van der Waals surface area contributed by atoms with Gasteiger partial charge in [0.2, 0.25) is 5.91 Å². The van der Waals surface area contributed by atoms with E-state index >= 15 is 0 Å². The summed E-state index contributed by atoms with van der Waals surface area (Å²) in [5.74, 6) is 0.0450. The highest BCUT2D eigenvalue weighted by Crippen LogP contribution is 2.13. The van der Waals surface area contributed by atoms with Crippen LogP contribution in [0.2, 0.25) is 0 Å². The zero-order valence-corrected chi connectivity index (χ0v) is 12.1. The molecule has 0 saturated carbocycles. The van der Waals surface area contributed by atoms with E-state index in [1.54, 1.807) is 6.33 Å². The summed E-state index contributed by atoms with van der Waals surface area (Å²) in [6.45, 7) is 5.51. The number of fused-ring (bicyclic) bond motifs is 1. The number of aromatic amines is 1. The lowest BCUT2D eigenvalue weighted by Gasteiger charge is -2.33. The van der Waals surface area contributed by atoms with Crippen molar-refractivity contribution in [2.75, 3.05) is 20.6 Å². The van der Waals surface area contributed by atoms with Gasteiger partial charge in [-0.3, -0.25) is 10.1 Å². The molecule has 0 aliphatic carbocycles. The maximum absolute atomic E-state index is 12.2. The van der Waals surface area contributed by atoms with Crippen LogP contribution in [0.1, 0.15) is 25.2 Å². The maximum atomic E-state index is 12.2. The predicted octanol–water partition coefficient (Wildman–Crippen LogP) is -0.120. The third-order valence-corrected chi connectivity index (χ3v) is 3.95. The molecule has 1 aliphatic rings. The Morgan fingerprint density at radius 2 is 2.32 bits per heavy atom. The highest BCUT2D eigenvalue weighted by atomic mass is 16.2. The molecule has 0 aromatic carbocycles. The van der Waals surface area contributed by atoms with E-state index in [1.807, 2.05) is 14.1 Å². The van der Waals surface area contributed by atoms with Gasteiger partial charge in [-0.25, -0.2) is 4.98 Å². The number of imidazole rings is 1. The summed E-state index contributed by atoms with van der Waals surface area (Å²) in [6.07, 6.45) is 2.33. The van der Waals surface area contributed by atoms with Gasteiger partial charge in [-0.2, -0.15) is 0 Å². The molecule has 0 bridgehead atoms. The van der Waals surface area contributed by atoms with Crippen LogP contribution in [0, 0.1) is 0 Å². The number of rotatable bonds is 4. The van der Waals surface area contributed by atoms with E-state index in [2.05, 4.69) is 39.3 Å². The SMILES string of the molecule is CN(C)C(C)(C)CNC(=O)C1Cc2nc[nH]c2CN1. The van der Waals surface area contributed by atoms with Gasteiger partial charge in [0.15, 0.2) is 0 Å². The standard InChI is InChI=1S/C13H23N5O/c1-13(2,18(3)4)7-15-12(19)10-5-9-11(6-14-10)17-8-16-9/h8,10,14H,5-7H2,1-4H3,(H,15,19)(H,16,17). The van der Waals surface area contributed by atoms with Crippen LogP contribution in [-0.4, -0.2) is 53.0 Å². The molecule has 6 nitrogen and oxygen atoms in total. The van der Waals surface area contributed by atoms with Crippen molar-refractivity contribution in [2.45, 2.75) is 38.4 Å². The average Bonchev–Trinajstić information content (AvgIpc) is 2.82. The van der Waals surface area contributed by atoms with Gasteiger partial charge >= 0.3 is 0 Å². The Balaban J connectivity index is 1.89.